The number of alkyl halides is 2. The van der Waals surface area contributed by atoms with Crippen molar-refractivity contribution in [3.05, 3.63) is 12.7 Å². The van der Waals surface area contributed by atoms with E-state index in [9.17, 15) is 13.9 Å². The molecule has 2 aliphatic rings. The molecule has 106 valence electrons. The topological polar surface area (TPSA) is 99.1 Å². The van der Waals surface area contributed by atoms with Crippen molar-refractivity contribution < 1.29 is 18.6 Å². The molecule has 0 bridgehead atoms. The first-order valence-electron chi connectivity index (χ1n) is 6.11. The lowest BCUT2D eigenvalue weighted by molar-refractivity contribution is -0.0976. The van der Waals surface area contributed by atoms with E-state index in [0.29, 0.717) is 11.2 Å². The van der Waals surface area contributed by atoms with Gasteiger partial charge in [-0.2, -0.15) is 0 Å². The van der Waals surface area contributed by atoms with E-state index >= 15 is 0 Å². The van der Waals surface area contributed by atoms with Crippen LogP contribution in [0.1, 0.15) is 19.1 Å². The number of nitrogen functional groups attached to an aromatic ring is 1. The number of aliphatic hydroxyl groups is 1. The number of nitrogens with two attached hydrogens (primary N) is 1. The van der Waals surface area contributed by atoms with Gasteiger partial charge in [-0.1, -0.05) is 0 Å². The van der Waals surface area contributed by atoms with E-state index < -0.39 is 30.3 Å². The van der Waals surface area contributed by atoms with Gasteiger partial charge in [0.05, 0.1) is 18.9 Å². The summed E-state index contributed by atoms with van der Waals surface area (Å²) in [4.78, 5) is 11.9. The van der Waals surface area contributed by atoms with Crippen molar-refractivity contribution in [1.29, 1.82) is 0 Å². The SMILES string of the molecule is Nc1ncnc2c1ncn2[C@H]1C[C@H](O)[C@]2(CC2(F)F)O1. The second-order valence-electron chi connectivity index (χ2n) is 5.18. The maximum Gasteiger partial charge on any atom is 0.282 e. The summed E-state index contributed by atoms with van der Waals surface area (Å²) in [5, 5.41) is 9.85. The standard InChI is InChI=1S/C11H11F2N5O2/c12-11(13)2-10(11)5(19)1-6(20-10)18-4-17-7-8(14)15-3-16-9(7)18/h3-6,19H,1-2H2,(H2,14,15,16)/t5-,6+,10-/m0/s1. The van der Waals surface area contributed by atoms with E-state index in [4.69, 9.17) is 10.5 Å². The number of hydrogen-bond acceptors (Lipinski definition) is 6. The number of hydrogen-bond donors (Lipinski definition) is 2. The first kappa shape index (κ1) is 11.9. The first-order valence-corrected chi connectivity index (χ1v) is 6.11. The molecular formula is C11H11F2N5O2. The Morgan fingerprint density at radius 2 is 2.15 bits per heavy atom. The predicted octanol–water partition coefficient (Wildman–Crippen LogP) is 0.466. The minimum Gasteiger partial charge on any atom is -0.390 e. The monoisotopic (exact) mass is 283 g/mol. The van der Waals surface area contributed by atoms with Crippen LogP contribution in [0.2, 0.25) is 0 Å². The van der Waals surface area contributed by atoms with Gasteiger partial charge in [0.15, 0.2) is 17.1 Å². The Kier molecular flexibility index (Phi) is 2.03. The van der Waals surface area contributed by atoms with Crippen molar-refractivity contribution in [2.24, 2.45) is 0 Å². The van der Waals surface area contributed by atoms with Crippen LogP contribution in [0.3, 0.4) is 0 Å². The minimum atomic E-state index is -2.98. The highest BCUT2D eigenvalue weighted by atomic mass is 19.3. The molecule has 1 saturated carbocycles. The van der Waals surface area contributed by atoms with E-state index in [1.165, 1.54) is 17.2 Å². The number of aromatic nitrogens is 4. The zero-order valence-electron chi connectivity index (χ0n) is 10.2. The molecule has 1 saturated heterocycles. The maximum absolute atomic E-state index is 13.4. The summed E-state index contributed by atoms with van der Waals surface area (Å²) in [6, 6.07) is 0. The van der Waals surface area contributed by atoms with Gasteiger partial charge in [-0.15, -0.1) is 0 Å². The normalized spacial score (nSPS) is 35.0. The summed E-state index contributed by atoms with van der Waals surface area (Å²) in [7, 11) is 0. The van der Waals surface area contributed by atoms with Crippen LogP contribution >= 0.6 is 0 Å². The molecular weight excluding hydrogens is 272 g/mol. The molecule has 2 aromatic heterocycles. The lowest BCUT2D eigenvalue weighted by atomic mass is 10.1. The second kappa shape index (κ2) is 3.41. The lowest BCUT2D eigenvalue weighted by Gasteiger charge is -2.14. The van der Waals surface area contributed by atoms with Gasteiger partial charge >= 0.3 is 0 Å². The Morgan fingerprint density at radius 3 is 2.80 bits per heavy atom. The molecule has 4 rings (SSSR count). The quantitative estimate of drug-likeness (QED) is 0.789. The molecule has 3 atom stereocenters. The van der Waals surface area contributed by atoms with Gasteiger partial charge in [-0.25, -0.2) is 23.7 Å². The van der Waals surface area contributed by atoms with Crippen molar-refractivity contribution in [3.8, 4) is 0 Å². The van der Waals surface area contributed by atoms with Gasteiger partial charge < -0.3 is 15.6 Å². The van der Waals surface area contributed by atoms with E-state index in [2.05, 4.69) is 15.0 Å². The molecule has 1 aliphatic heterocycles. The van der Waals surface area contributed by atoms with Crippen LogP contribution in [-0.2, 0) is 4.74 Å². The van der Waals surface area contributed by atoms with Crippen LogP contribution in [0.5, 0.6) is 0 Å². The number of ether oxygens (including phenoxy) is 1. The second-order valence-corrected chi connectivity index (χ2v) is 5.18. The Balaban J connectivity index is 1.74. The van der Waals surface area contributed by atoms with Crippen LogP contribution in [0, 0.1) is 0 Å². The molecule has 3 heterocycles. The summed E-state index contributed by atoms with van der Waals surface area (Å²) in [6.07, 6.45) is 0.332. The van der Waals surface area contributed by atoms with Gasteiger partial charge in [0.25, 0.3) is 5.92 Å². The molecule has 2 aromatic rings. The Hall–Kier alpha value is -1.87. The highest BCUT2D eigenvalue weighted by molar-refractivity contribution is 5.81. The highest BCUT2D eigenvalue weighted by Crippen LogP contribution is 2.63. The molecule has 1 aliphatic carbocycles. The van der Waals surface area contributed by atoms with Crippen LogP contribution in [0.25, 0.3) is 11.2 Å². The van der Waals surface area contributed by atoms with Crippen LogP contribution < -0.4 is 5.73 Å². The summed E-state index contributed by atoms with van der Waals surface area (Å²) in [5.41, 5.74) is 4.69. The largest absolute Gasteiger partial charge is 0.390 e. The van der Waals surface area contributed by atoms with Gasteiger partial charge in [0.2, 0.25) is 0 Å². The first-order chi connectivity index (χ1) is 9.45. The van der Waals surface area contributed by atoms with Crippen molar-refractivity contribution in [2.45, 2.75) is 36.7 Å². The molecule has 9 heteroatoms. The number of anilines is 1. The molecule has 3 N–H and O–H groups in total. The average molecular weight is 283 g/mol. The van der Waals surface area contributed by atoms with Gasteiger partial charge in [-0.05, 0) is 0 Å². The average Bonchev–Trinajstić information content (AvgIpc) is 2.74. The van der Waals surface area contributed by atoms with Crippen molar-refractivity contribution >= 4 is 17.0 Å². The number of nitrogens with zero attached hydrogens (tertiary/aromatic N) is 4. The van der Waals surface area contributed by atoms with Crippen molar-refractivity contribution in [1.82, 2.24) is 19.5 Å². The predicted molar refractivity (Wildman–Crippen MR) is 62.8 cm³/mol. The molecule has 0 unspecified atom stereocenters. The molecule has 0 amide bonds. The minimum absolute atomic E-state index is 0.0605. The van der Waals surface area contributed by atoms with E-state index in [1.54, 1.807) is 0 Å². The van der Waals surface area contributed by atoms with Gasteiger partial charge in [-0.3, -0.25) is 4.57 Å². The molecule has 0 radical (unpaired) electrons. The third kappa shape index (κ3) is 1.31. The Bertz CT molecular complexity index is 705. The lowest BCUT2D eigenvalue weighted by Crippen LogP contribution is -2.29. The van der Waals surface area contributed by atoms with E-state index in [-0.39, 0.29) is 12.2 Å². The summed E-state index contributed by atoms with van der Waals surface area (Å²) in [6.45, 7) is 0. The van der Waals surface area contributed by atoms with Gasteiger partial charge in [0, 0.05) is 6.42 Å². The number of imidazole rings is 1. The zero-order valence-corrected chi connectivity index (χ0v) is 10.2. The molecule has 1 spiro atoms. The zero-order chi connectivity index (χ0) is 14.1. The van der Waals surface area contributed by atoms with Crippen LogP contribution in [-0.4, -0.2) is 42.3 Å². The smallest absolute Gasteiger partial charge is 0.282 e. The third-order valence-electron chi connectivity index (χ3n) is 3.99. The van der Waals surface area contributed by atoms with E-state index in [1.807, 2.05) is 0 Å². The number of halogens is 2. The van der Waals surface area contributed by atoms with Crippen LogP contribution in [0.4, 0.5) is 14.6 Å². The highest BCUT2D eigenvalue weighted by Gasteiger charge is 2.79. The molecule has 0 aromatic carbocycles. The molecule has 7 nitrogen and oxygen atoms in total. The summed E-state index contributed by atoms with van der Waals surface area (Å²) >= 11 is 0. The van der Waals surface area contributed by atoms with Crippen molar-refractivity contribution in [2.75, 3.05) is 5.73 Å². The fraction of sp³-hybridized carbons (Fsp3) is 0.545. The third-order valence-corrected chi connectivity index (χ3v) is 3.99. The van der Waals surface area contributed by atoms with E-state index in [0.717, 1.165) is 0 Å². The van der Waals surface area contributed by atoms with Gasteiger partial charge in [0.1, 0.15) is 18.1 Å². The van der Waals surface area contributed by atoms with Crippen molar-refractivity contribution in [3.63, 3.8) is 0 Å². The number of rotatable bonds is 1. The summed E-state index contributed by atoms with van der Waals surface area (Å²) in [5.74, 6) is -2.77. The fourth-order valence-electron chi connectivity index (χ4n) is 2.78. The molecule has 20 heavy (non-hydrogen) atoms. The number of aliphatic hydroxyl groups excluding tert-OH is 1. The summed E-state index contributed by atoms with van der Waals surface area (Å²) < 4.78 is 33.7. The Morgan fingerprint density at radius 1 is 1.40 bits per heavy atom. The van der Waals surface area contributed by atoms with Crippen LogP contribution in [0.15, 0.2) is 12.7 Å². The fourth-order valence-corrected chi connectivity index (χ4v) is 2.78. The Labute approximate surface area is 111 Å². The number of fused-ring (bicyclic) bond motifs is 1. The molecule has 2 fully saturated rings. The maximum atomic E-state index is 13.4.